The van der Waals surface area contributed by atoms with Crippen molar-refractivity contribution in [3.63, 3.8) is 0 Å². The van der Waals surface area contributed by atoms with Crippen LogP contribution in [0.5, 0.6) is 0 Å². The van der Waals surface area contributed by atoms with E-state index in [0.29, 0.717) is 17.1 Å². The topological polar surface area (TPSA) is 12.0 Å². The van der Waals surface area contributed by atoms with Gasteiger partial charge >= 0.3 is 0 Å². The largest absolute Gasteiger partial charge is 0.306 e. The minimum Gasteiger partial charge on any atom is -0.306 e. The van der Waals surface area contributed by atoms with E-state index in [1.165, 1.54) is 6.07 Å². The molecule has 0 aliphatic heterocycles. The molecule has 100 valence electrons. The summed E-state index contributed by atoms with van der Waals surface area (Å²) in [7, 11) is 0. The molecule has 0 heterocycles. The maximum absolute atomic E-state index is 13.6. The van der Waals surface area contributed by atoms with Crippen LogP contribution in [-0.2, 0) is 6.54 Å². The van der Waals surface area contributed by atoms with Crippen LogP contribution < -0.4 is 5.32 Å². The lowest BCUT2D eigenvalue weighted by molar-refractivity contribution is 0.544. The summed E-state index contributed by atoms with van der Waals surface area (Å²) in [5, 5.41) is 3.84. The molecule has 0 saturated heterocycles. The third kappa shape index (κ3) is 4.03. The second kappa shape index (κ2) is 6.51. The van der Waals surface area contributed by atoms with Crippen molar-refractivity contribution in [1.82, 2.24) is 5.32 Å². The predicted octanol–water partition coefficient (Wildman–Crippen LogP) is 5.09. The highest BCUT2D eigenvalue weighted by Gasteiger charge is 2.08. The van der Waals surface area contributed by atoms with Crippen LogP contribution in [0.1, 0.15) is 24.1 Å². The van der Waals surface area contributed by atoms with Gasteiger partial charge in [0.05, 0.1) is 0 Å². The summed E-state index contributed by atoms with van der Waals surface area (Å²) < 4.78 is 14.6. The third-order valence-corrected chi connectivity index (χ3v) is 3.68. The van der Waals surface area contributed by atoms with E-state index in [1.807, 2.05) is 31.2 Å². The van der Waals surface area contributed by atoms with Crippen molar-refractivity contribution >= 4 is 27.5 Å². The van der Waals surface area contributed by atoms with Crippen LogP contribution in [0.15, 0.2) is 46.9 Å². The molecule has 0 radical (unpaired) electrons. The Labute approximate surface area is 125 Å². The van der Waals surface area contributed by atoms with Gasteiger partial charge in [-0.15, -0.1) is 0 Å². The number of rotatable bonds is 4. The molecule has 0 spiro atoms. The number of halogens is 3. The number of benzene rings is 2. The molecular weight excluding hydrogens is 329 g/mol. The van der Waals surface area contributed by atoms with Gasteiger partial charge in [-0.2, -0.15) is 0 Å². The molecular formula is C15H14BrClFN. The molecule has 1 nitrogen and oxygen atoms in total. The summed E-state index contributed by atoms with van der Waals surface area (Å²) in [6.07, 6.45) is 0. The summed E-state index contributed by atoms with van der Waals surface area (Å²) in [4.78, 5) is 0. The molecule has 19 heavy (non-hydrogen) atoms. The van der Waals surface area contributed by atoms with E-state index in [9.17, 15) is 4.39 Å². The van der Waals surface area contributed by atoms with Gasteiger partial charge in [-0.3, -0.25) is 0 Å². The van der Waals surface area contributed by atoms with Crippen LogP contribution in [-0.4, -0.2) is 0 Å². The molecule has 2 aromatic carbocycles. The zero-order valence-electron chi connectivity index (χ0n) is 10.5. The van der Waals surface area contributed by atoms with Crippen LogP contribution >= 0.6 is 27.5 Å². The molecule has 0 unspecified atom stereocenters. The average Bonchev–Trinajstić information content (AvgIpc) is 2.39. The zero-order chi connectivity index (χ0) is 13.8. The number of hydrogen-bond donors (Lipinski definition) is 1. The van der Waals surface area contributed by atoms with Gasteiger partial charge in [-0.25, -0.2) is 4.39 Å². The molecule has 0 aliphatic rings. The van der Waals surface area contributed by atoms with E-state index in [1.54, 1.807) is 12.1 Å². The van der Waals surface area contributed by atoms with E-state index < -0.39 is 0 Å². The fourth-order valence-electron chi connectivity index (χ4n) is 1.84. The Morgan fingerprint density at radius 3 is 2.79 bits per heavy atom. The second-order valence-electron chi connectivity index (χ2n) is 4.39. The molecule has 0 amide bonds. The summed E-state index contributed by atoms with van der Waals surface area (Å²) in [6.45, 7) is 2.49. The Balaban J connectivity index is 2.04. The van der Waals surface area contributed by atoms with Gasteiger partial charge in [-0.05, 0) is 42.8 Å². The first kappa shape index (κ1) is 14.5. The van der Waals surface area contributed by atoms with Gasteiger partial charge in [0.25, 0.3) is 0 Å². The fourth-order valence-corrected chi connectivity index (χ4v) is 2.45. The fraction of sp³-hybridized carbons (Fsp3) is 0.200. The summed E-state index contributed by atoms with van der Waals surface area (Å²) >= 11 is 9.31. The van der Waals surface area contributed by atoms with E-state index >= 15 is 0 Å². The van der Waals surface area contributed by atoms with Gasteiger partial charge in [-0.1, -0.05) is 39.7 Å². The standard InChI is InChI=1S/C15H14BrClFN/c1-10(11-3-2-4-13(16)7-11)19-9-12-8-14(17)5-6-15(12)18/h2-8,10,19H,9H2,1H3/t10-/m1/s1. The lowest BCUT2D eigenvalue weighted by Crippen LogP contribution is -2.18. The molecule has 0 aliphatic carbocycles. The van der Waals surface area contributed by atoms with Gasteiger partial charge in [0.15, 0.2) is 0 Å². The van der Waals surface area contributed by atoms with E-state index in [4.69, 9.17) is 11.6 Å². The van der Waals surface area contributed by atoms with Crippen LogP contribution in [0, 0.1) is 5.82 Å². The van der Waals surface area contributed by atoms with E-state index in [2.05, 4.69) is 21.2 Å². The van der Waals surface area contributed by atoms with Crippen LogP contribution in [0.25, 0.3) is 0 Å². The van der Waals surface area contributed by atoms with Gasteiger partial charge in [0, 0.05) is 27.6 Å². The van der Waals surface area contributed by atoms with E-state index in [0.717, 1.165) is 10.0 Å². The third-order valence-electron chi connectivity index (χ3n) is 2.96. The van der Waals surface area contributed by atoms with Gasteiger partial charge in [0.1, 0.15) is 5.82 Å². The maximum atomic E-state index is 13.6. The first-order valence-corrected chi connectivity index (χ1v) is 7.16. The number of hydrogen-bond acceptors (Lipinski definition) is 1. The average molecular weight is 343 g/mol. The van der Waals surface area contributed by atoms with Crippen LogP contribution in [0.3, 0.4) is 0 Å². The second-order valence-corrected chi connectivity index (χ2v) is 5.75. The van der Waals surface area contributed by atoms with Crippen LogP contribution in [0.4, 0.5) is 4.39 Å². The van der Waals surface area contributed by atoms with Gasteiger partial charge in [0.2, 0.25) is 0 Å². The van der Waals surface area contributed by atoms with Crippen molar-refractivity contribution in [2.45, 2.75) is 19.5 Å². The molecule has 2 aromatic rings. The van der Waals surface area contributed by atoms with Crippen molar-refractivity contribution in [2.24, 2.45) is 0 Å². The zero-order valence-corrected chi connectivity index (χ0v) is 12.8. The smallest absolute Gasteiger partial charge is 0.127 e. The quantitative estimate of drug-likeness (QED) is 0.816. The first-order valence-electron chi connectivity index (χ1n) is 5.99. The van der Waals surface area contributed by atoms with Crippen molar-refractivity contribution < 1.29 is 4.39 Å². The molecule has 1 N–H and O–H groups in total. The highest BCUT2D eigenvalue weighted by atomic mass is 79.9. The SMILES string of the molecule is C[C@@H](NCc1cc(Cl)ccc1F)c1cccc(Br)c1. The highest BCUT2D eigenvalue weighted by Crippen LogP contribution is 2.19. The summed E-state index contributed by atoms with van der Waals surface area (Å²) in [6, 6.07) is 12.8. The lowest BCUT2D eigenvalue weighted by Gasteiger charge is -2.15. The first-order chi connectivity index (χ1) is 9.06. The predicted molar refractivity (Wildman–Crippen MR) is 80.8 cm³/mol. The van der Waals surface area contributed by atoms with Crippen molar-refractivity contribution in [1.29, 1.82) is 0 Å². The van der Waals surface area contributed by atoms with Crippen LogP contribution in [0.2, 0.25) is 5.02 Å². The van der Waals surface area contributed by atoms with E-state index in [-0.39, 0.29) is 11.9 Å². The molecule has 4 heteroatoms. The molecule has 0 aromatic heterocycles. The lowest BCUT2D eigenvalue weighted by atomic mass is 10.1. The molecule has 0 saturated carbocycles. The highest BCUT2D eigenvalue weighted by molar-refractivity contribution is 9.10. The molecule has 2 rings (SSSR count). The Hall–Kier alpha value is -0.900. The maximum Gasteiger partial charge on any atom is 0.127 e. The van der Waals surface area contributed by atoms with Crippen molar-refractivity contribution in [2.75, 3.05) is 0 Å². The normalized spacial score (nSPS) is 12.4. The molecule has 0 bridgehead atoms. The molecule has 0 fully saturated rings. The Kier molecular flexibility index (Phi) is 4.97. The molecule has 1 atom stereocenters. The van der Waals surface area contributed by atoms with Crippen molar-refractivity contribution in [3.05, 3.63) is 68.9 Å². The Bertz CT molecular complexity index is 574. The minimum absolute atomic E-state index is 0.135. The minimum atomic E-state index is -0.238. The van der Waals surface area contributed by atoms with Gasteiger partial charge < -0.3 is 5.32 Å². The monoisotopic (exact) mass is 341 g/mol. The Morgan fingerprint density at radius 1 is 1.26 bits per heavy atom. The number of nitrogens with one attached hydrogen (secondary N) is 1. The Morgan fingerprint density at radius 2 is 2.05 bits per heavy atom. The summed E-state index contributed by atoms with van der Waals surface area (Å²) in [5.41, 5.74) is 1.73. The van der Waals surface area contributed by atoms with Crippen molar-refractivity contribution in [3.8, 4) is 0 Å². The summed E-state index contributed by atoms with van der Waals surface area (Å²) in [5.74, 6) is -0.238.